The fourth-order valence-electron chi connectivity index (χ4n) is 2.36. The van der Waals surface area contributed by atoms with Crippen LogP contribution >= 0.6 is 0 Å². The second-order valence-electron chi connectivity index (χ2n) is 6.14. The molecule has 0 bridgehead atoms. The number of nitrogens with zero attached hydrogens (tertiary/aromatic N) is 1. The summed E-state index contributed by atoms with van der Waals surface area (Å²) in [5.74, 6) is 0.909. The Morgan fingerprint density at radius 1 is 1.08 bits per heavy atom. The van der Waals surface area contributed by atoms with Crippen LogP contribution in [-0.2, 0) is 4.79 Å². The average Bonchev–Trinajstić information content (AvgIpc) is 2.55. The molecular formula is C20H26N2O2. The first-order valence-corrected chi connectivity index (χ1v) is 8.23. The van der Waals surface area contributed by atoms with E-state index in [1.54, 1.807) is 0 Å². The fourth-order valence-corrected chi connectivity index (χ4v) is 2.36. The second-order valence-corrected chi connectivity index (χ2v) is 6.14. The van der Waals surface area contributed by atoms with E-state index < -0.39 is 0 Å². The van der Waals surface area contributed by atoms with Gasteiger partial charge in [-0.25, -0.2) is 0 Å². The molecule has 2 aromatic rings. The molecule has 1 N–H and O–H groups in total. The van der Waals surface area contributed by atoms with Crippen LogP contribution in [-0.4, -0.2) is 26.6 Å². The predicted octanol–water partition coefficient (Wildman–Crippen LogP) is 4.17. The van der Waals surface area contributed by atoms with Crippen LogP contribution in [0.4, 0.5) is 11.4 Å². The van der Waals surface area contributed by atoms with Gasteiger partial charge in [-0.1, -0.05) is 12.1 Å². The molecule has 1 amide bonds. The van der Waals surface area contributed by atoms with Crippen molar-refractivity contribution in [3.05, 3.63) is 53.6 Å². The van der Waals surface area contributed by atoms with Crippen molar-refractivity contribution in [3.63, 3.8) is 0 Å². The summed E-state index contributed by atoms with van der Waals surface area (Å²) in [6.45, 7) is 4.66. The fraction of sp³-hybridized carbons (Fsp3) is 0.350. The van der Waals surface area contributed by atoms with E-state index in [0.717, 1.165) is 22.7 Å². The van der Waals surface area contributed by atoms with Crippen LogP contribution in [0.3, 0.4) is 0 Å². The van der Waals surface area contributed by atoms with E-state index in [1.165, 1.54) is 5.56 Å². The van der Waals surface area contributed by atoms with Crippen molar-refractivity contribution in [1.29, 1.82) is 0 Å². The molecule has 0 unspecified atom stereocenters. The van der Waals surface area contributed by atoms with Crippen LogP contribution in [0.25, 0.3) is 0 Å². The monoisotopic (exact) mass is 326 g/mol. The van der Waals surface area contributed by atoms with Gasteiger partial charge < -0.3 is 15.0 Å². The van der Waals surface area contributed by atoms with E-state index in [1.807, 2.05) is 55.4 Å². The Balaban J connectivity index is 1.74. The summed E-state index contributed by atoms with van der Waals surface area (Å²) < 4.78 is 5.77. The standard InChI is InChI=1S/C20H26N2O2/c1-15-7-5-8-19(16(15)2)24-14-6-9-20(23)21-17-10-12-18(13-11-17)22(3)4/h5,7-8,10-13H,6,9,14H2,1-4H3,(H,21,23). The minimum Gasteiger partial charge on any atom is -0.493 e. The number of benzene rings is 2. The third-order valence-electron chi connectivity index (χ3n) is 4.03. The third-order valence-corrected chi connectivity index (χ3v) is 4.03. The highest BCUT2D eigenvalue weighted by Crippen LogP contribution is 2.21. The van der Waals surface area contributed by atoms with Crippen molar-refractivity contribution < 1.29 is 9.53 Å². The van der Waals surface area contributed by atoms with Crippen LogP contribution in [0, 0.1) is 13.8 Å². The summed E-state index contributed by atoms with van der Waals surface area (Å²) in [6, 6.07) is 13.8. The molecule has 0 fully saturated rings. The normalized spacial score (nSPS) is 10.3. The smallest absolute Gasteiger partial charge is 0.224 e. The molecule has 0 aliphatic rings. The Morgan fingerprint density at radius 3 is 2.46 bits per heavy atom. The van der Waals surface area contributed by atoms with Crippen LogP contribution in [0.1, 0.15) is 24.0 Å². The molecule has 2 aromatic carbocycles. The predicted molar refractivity (Wildman–Crippen MR) is 100 cm³/mol. The Hall–Kier alpha value is -2.49. The van der Waals surface area contributed by atoms with Gasteiger partial charge >= 0.3 is 0 Å². The van der Waals surface area contributed by atoms with Crippen molar-refractivity contribution in [2.75, 3.05) is 30.9 Å². The van der Waals surface area contributed by atoms with Gasteiger partial charge in [0, 0.05) is 31.9 Å². The van der Waals surface area contributed by atoms with E-state index >= 15 is 0 Å². The summed E-state index contributed by atoms with van der Waals surface area (Å²) >= 11 is 0. The molecule has 128 valence electrons. The number of aryl methyl sites for hydroxylation is 1. The average molecular weight is 326 g/mol. The molecule has 0 saturated heterocycles. The van der Waals surface area contributed by atoms with E-state index in [-0.39, 0.29) is 5.91 Å². The number of ether oxygens (including phenoxy) is 1. The molecule has 0 aliphatic heterocycles. The van der Waals surface area contributed by atoms with E-state index in [9.17, 15) is 4.79 Å². The van der Waals surface area contributed by atoms with Crippen LogP contribution in [0.15, 0.2) is 42.5 Å². The van der Waals surface area contributed by atoms with Gasteiger partial charge in [-0.15, -0.1) is 0 Å². The quantitative estimate of drug-likeness (QED) is 0.777. The molecule has 0 aliphatic carbocycles. The molecule has 0 heterocycles. The first kappa shape index (κ1) is 17.9. The number of nitrogens with one attached hydrogen (secondary N) is 1. The molecule has 2 rings (SSSR count). The number of amides is 1. The van der Waals surface area contributed by atoms with Gasteiger partial charge in [-0.3, -0.25) is 4.79 Å². The first-order valence-electron chi connectivity index (χ1n) is 8.23. The Bertz CT molecular complexity index is 679. The summed E-state index contributed by atoms with van der Waals surface area (Å²) in [5.41, 5.74) is 4.30. The molecule has 0 spiro atoms. The lowest BCUT2D eigenvalue weighted by molar-refractivity contribution is -0.116. The lowest BCUT2D eigenvalue weighted by Gasteiger charge is -2.13. The highest BCUT2D eigenvalue weighted by molar-refractivity contribution is 5.90. The molecular weight excluding hydrogens is 300 g/mol. The van der Waals surface area contributed by atoms with Gasteiger partial charge in [0.25, 0.3) is 0 Å². The van der Waals surface area contributed by atoms with E-state index in [4.69, 9.17) is 4.74 Å². The zero-order valence-electron chi connectivity index (χ0n) is 14.9. The maximum Gasteiger partial charge on any atom is 0.224 e. The Labute approximate surface area is 144 Å². The number of hydrogen-bond donors (Lipinski definition) is 1. The molecule has 0 radical (unpaired) electrons. The lowest BCUT2D eigenvalue weighted by Crippen LogP contribution is -2.13. The maximum atomic E-state index is 12.0. The van der Waals surface area contributed by atoms with Crippen molar-refractivity contribution in [2.24, 2.45) is 0 Å². The summed E-state index contributed by atoms with van der Waals surface area (Å²) in [6.07, 6.45) is 1.13. The van der Waals surface area contributed by atoms with Gasteiger partial charge in [0.1, 0.15) is 5.75 Å². The van der Waals surface area contributed by atoms with Gasteiger partial charge in [0.05, 0.1) is 6.61 Å². The van der Waals surface area contributed by atoms with Gasteiger partial charge in [-0.2, -0.15) is 0 Å². The highest BCUT2D eigenvalue weighted by atomic mass is 16.5. The number of carbonyl (C=O) groups excluding carboxylic acids is 1. The first-order chi connectivity index (χ1) is 11.5. The van der Waals surface area contributed by atoms with Crippen LogP contribution in [0.5, 0.6) is 5.75 Å². The second kappa shape index (κ2) is 8.39. The zero-order valence-corrected chi connectivity index (χ0v) is 14.9. The minimum atomic E-state index is 0.0113. The maximum absolute atomic E-state index is 12.0. The van der Waals surface area contributed by atoms with Gasteiger partial charge in [0.2, 0.25) is 5.91 Å². The number of rotatable bonds is 7. The van der Waals surface area contributed by atoms with E-state index in [0.29, 0.717) is 19.4 Å². The molecule has 24 heavy (non-hydrogen) atoms. The lowest BCUT2D eigenvalue weighted by atomic mass is 10.1. The largest absolute Gasteiger partial charge is 0.493 e. The van der Waals surface area contributed by atoms with Crippen molar-refractivity contribution in [3.8, 4) is 5.75 Å². The summed E-state index contributed by atoms with van der Waals surface area (Å²) in [4.78, 5) is 14.0. The topological polar surface area (TPSA) is 41.6 Å². The van der Waals surface area contributed by atoms with Crippen LogP contribution < -0.4 is 15.0 Å². The van der Waals surface area contributed by atoms with E-state index in [2.05, 4.69) is 25.2 Å². The van der Waals surface area contributed by atoms with Crippen molar-refractivity contribution in [1.82, 2.24) is 0 Å². The Kier molecular flexibility index (Phi) is 6.24. The summed E-state index contributed by atoms with van der Waals surface area (Å²) in [7, 11) is 3.98. The number of carbonyl (C=O) groups is 1. The van der Waals surface area contributed by atoms with Crippen molar-refractivity contribution in [2.45, 2.75) is 26.7 Å². The summed E-state index contributed by atoms with van der Waals surface area (Å²) in [5, 5.41) is 2.91. The SMILES string of the molecule is Cc1cccc(OCCCC(=O)Nc2ccc(N(C)C)cc2)c1C. The third kappa shape index (κ3) is 5.01. The molecule has 4 heteroatoms. The molecule has 0 atom stereocenters. The number of hydrogen-bond acceptors (Lipinski definition) is 3. The molecule has 0 saturated carbocycles. The number of anilines is 2. The zero-order chi connectivity index (χ0) is 17.5. The molecule has 4 nitrogen and oxygen atoms in total. The highest BCUT2D eigenvalue weighted by Gasteiger charge is 2.05. The van der Waals surface area contributed by atoms with Gasteiger partial charge in [0.15, 0.2) is 0 Å². The minimum absolute atomic E-state index is 0.0113. The van der Waals surface area contributed by atoms with Crippen molar-refractivity contribution >= 4 is 17.3 Å². The Morgan fingerprint density at radius 2 is 1.79 bits per heavy atom. The van der Waals surface area contributed by atoms with Crippen LogP contribution in [0.2, 0.25) is 0 Å². The molecule has 0 aromatic heterocycles. The van der Waals surface area contributed by atoms with Gasteiger partial charge in [-0.05, 0) is 61.7 Å².